The number of carbonyl (C=O) groups is 1. The average Bonchev–Trinajstić information content (AvgIpc) is 2.09. The van der Waals surface area contributed by atoms with Crippen molar-refractivity contribution in [2.24, 2.45) is 0 Å². The van der Waals surface area contributed by atoms with Crippen LogP contribution in [0.3, 0.4) is 0 Å². The molecule has 0 aromatic heterocycles. The Labute approximate surface area is 90.6 Å². The highest BCUT2D eigenvalue weighted by Gasteiger charge is 2.16. The topological polar surface area (TPSA) is 58.6 Å². The molecule has 1 unspecified atom stereocenters. The molecule has 0 aliphatic carbocycles. The quantitative estimate of drug-likeness (QED) is 0.697. The van der Waals surface area contributed by atoms with Crippen LogP contribution in [0.15, 0.2) is 24.8 Å². The van der Waals surface area contributed by atoms with Gasteiger partial charge in [-0.2, -0.15) is 0 Å². The molecule has 15 heavy (non-hydrogen) atoms. The number of nitrogens with one attached hydrogen (secondary N) is 1. The zero-order valence-electron chi connectivity index (χ0n) is 9.49. The Morgan fingerprint density at radius 3 is 2.60 bits per heavy atom. The van der Waals surface area contributed by atoms with Gasteiger partial charge in [-0.15, -0.1) is 6.58 Å². The molecule has 0 aromatic rings. The van der Waals surface area contributed by atoms with Crippen molar-refractivity contribution in [3.05, 3.63) is 24.8 Å². The van der Waals surface area contributed by atoms with Crippen LogP contribution in [0, 0.1) is 0 Å². The van der Waals surface area contributed by atoms with Crippen LogP contribution in [-0.4, -0.2) is 29.4 Å². The Morgan fingerprint density at radius 1 is 1.60 bits per heavy atom. The largest absolute Gasteiger partial charge is 0.444 e. The molecule has 0 spiro atoms. The van der Waals surface area contributed by atoms with Crippen molar-refractivity contribution in [3.8, 4) is 0 Å². The van der Waals surface area contributed by atoms with Crippen LogP contribution in [0.4, 0.5) is 4.79 Å². The number of amides is 1. The first-order valence-electron chi connectivity index (χ1n) is 4.78. The summed E-state index contributed by atoms with van der Waals surface area (Å²) in [5.74, 6) is 0. The van der Waals surface area contributed by atoms with Gasteiger partial charge in [0.2, 0.25) is 0 Å². The third kappa shape index (κ3) is 7.76. The van der Waals surface area contributed by atoms with E-state index in [2.05, 4.69) is 11.9 Å². The predicted octanol–water partition coefficient (Wildman–Crippen LogP) is 1.61. The summed E-state index contributed by atoms with van der Waals surface area (Å²) in [5.41, 5.74) is -0.517. The van der Waals surface area contributed by atoms with Crippen molar-refractivity contribution < 1.29 is 14.6 Å². The van der Waals surface area contributed by atoms with Gasteiger partial charge in [-0.3, -0.25) is 0 Å². The van der Waals surface area contributed by atoms with Crippen LogP contribution < -0.4 is 5.32 Å². The molecule has 0 radical (unpaired) electrons. The zero-order chi connectivity index (χ0) is 11.9. The van der Waals surface area contributed by atoms with Crippen LogP contribution in [0.25, 0.3) is 0 Å². The Morgan fingerprint density at radius 2 is 2.20 bits per heavy atom. The van der Waals surface area contributed by atoms with E-state index in [0.717, 1.165) is 0 Å². The van der Waals surface area contributed by atoms with Gasteiger partial charge in [0, 0.05) is 0 Å². The van der Waals surface area contributed by atoms with Crippen molar-refractivity contribution in [1.29, 1.82) is 0 Å². The van der Waals surface area contributed by atoms with Gasteiger partial charge < -0.3 is 15.2 Å². The number of alkyl carbamates (subject to hydrolysis) is 1. The summed E-state index contributed by atoms with van der Waals surface area (Å²) in [4.78, 5) is 11.3. The molecule has 0 rings (SSSR count). The number of hydrogen-bond donors (Lipinski definition) is 2. The average molecular weight is 213 g/mol. The van der Waals surface area contributed by atoms with E-state index in [4.69, 9.17) is 9.84 Å². The first-order chi connectivity index (χ1) is 6.89. The van der Waals surface area contributed by atoms with Crippen molar-refractivity contribution >= 4 is 6.09 Å². The van der Waals surface area contributed by atoms with Gasteiger partial charge in [-0.25, -0.2) is 4.79 Å². The number of aliphatic hydroxyl groups excluding tert-OH is 1. The third-order valence-electron chi connectivity index (χ3n) is 1.39. The third-order valence-corrected chi connectivity index (χ3v) is 1.39. The molecule has 86 valence electrons. The van der Waals surface area contributed by atoms with Gasteiger partial charge >= 0.3 is 6.09 Å². The van der Waals surface area contributed by atoms with Gasteiger partial charge in [-0.05, 0) is 20.8 Å². The van der Waals surface area contributed by atoms with Crippen LogP contribution >= 0.6 is 0 Å². The first-order valence-corrected chi connectivity index (χ1v) is 4.78. The smallest absolute Gasteiger partial charge is 0.408 e. The molecule has 4 nitrogen and oxygen atoms in total. The van der Waals surface area contributed by atoms with E-state index in [1.165, 1.54) is 6.08 Å². The molecule has 1 amide bonds. The lowest BCUT2D eigenvalue weighted by Gasteiger charge is -2.21. The van der Waals surface area contributed by atoms with E-state index in [-0.39, 0.29) is 12.6 Å². The number of rotatable bonds is 4. The summed E-state index contributed by atoms with van der Waals surface area (Å²) in [6, 6.07) is -0.327. The summed E-state index contributed by atoms with van der Waals surface area (Å²) in [6.07, 6.45) is 4.21. The standard InChI is InChI=1S/C11H19NO3/c1-5-9(7-6-8-13)12-10(14)15-11(2,3)4/h5-7,9,13H,1,8H2,2-4H3,(H,12,14). The maximum Gasteiger partial charge on any atom is 0.408 e. The second-order valence-corrected chi connectivity index (χ2v) is 4.02. The van der Waals surface area contributed by atoms with Gasteiger partial charge in [-0.1, -0.05) is 18.2 Å². The second kappa shape index (κ2) is 6.24. The van der Waals surface area contributed by atoms with Crippen molar-refractivity contribution in [1.82, 2.24) is 5.32 Å². The fourth-order valence-electron chi connectivity index (χ4n) is 0.837. The Bertz CT molecular complexity index is 241. The lowest BCUT2D eigenvalue weighted by molar-refractivity contribution is 0.0522. The van der Waals surface area contributed by atoms with E-state index in [1.807, 2.05) is 0 Å². The van der Waals surface area contributed by atoms with E-state index in [9.17, 15) is 4.79 Å². The maximum absolute atomic E-state index is 11.3. The highest BCUT2D eigenvalue weighted by molar-refractivity contribution is 5.68. The van der Waals surface area contributed by atoms with Gasteiger partial charge in [0.25, 0.3) is 0 Å². The number of hydrogen-bond acceptors (Lipinski definition) is 3. The van der Waals surface area contributed by atoms with E-state index in [1.54, 1.807) is 32.9 Å². The Hall–Kier alpha value is -1.29. The van der Waals surface area contributed by atoms with Crippen molar-refractivity contribution in [3.63, 3.8) is 0 Å². The highest BCUT2D eigenvalue weighted by Crippen LogP contribution is 2.06. The molecule has 0 aromatic carbocycles. The minimum absolute atomic E-state index is 0.0691. The summed E-state index contributed by atoms with van der Waals surface area (Å²) in [6.45, 7) is 8.86. The van der Waals surface area contributed by atoms with E-state index in [0.29, 0.717) is 0 Å². The normalized spacial score (nSPS) is 13.6. The van der Waals surface area contributed by atoms with E-state index < -0.39 is 11.7 Å². The summed E-state index contributed by atoms with van der Waals surface area (Å²) < 4.78 is 5.06. The molecule has 0 aliphatic rings. The van der Waals surface area contributed by atoms with E-state index >= 15 is 0 Å². The fourth-order valence-corrected chi connectivity index (χ4v) is 0.837. The molecule has 0 fully saturated rings. The molecule has 1 atom stereocenters. The molecular formula is C11H19NO3. The number of carbonyl (C=O) groups excluding carboxylic acids is 1. The van der Waals surface area contributed by atoms with Crippen molar-refractivity contribution in [2.45, 2.75) is 32.4 Å². The Balaban J connectivity index is 4.13. The minimum atomic E-state index is -0.517. The lowest BCUT2D eigenvalue weighted by atomic mass is 10.2. The summed E-state index contributed by atoms with van der Waals surface area (Å²) in [7, 11) is 0. The fraction of sp³-hybridized carbons (Fsp3) is 0.545. The molecule has 0 saturated carbocycles. The molecule has 2 N–H and O–H groups in total. The highest BCUT2D eigenvalue weighted by atomic mass is 16.6. The minimum Gasteiger partial charge on any atom is -0.444 e. The molecule has 0 aliphatic heterocycles. The van der Waals surface area contributed by atoms with Crippen LogP contribution in [0.2, 0.25) is 0 Å². The predicted molar refractivity (Wildman–Crippen MR) is 59.6 cm³/mol. The van der Waals surface area contributed by atoms with Crippen LogP contribution in [0.5, 0.6) is 0 Å². The lowest BCUT2D eigenvalue weighted by Crippen LogP contribution is -2.37. The molecule has 0 saturated heterocycles. The summed E-state index contributed by atoms with van der Waals surface area (Å²) >= 11 is 0. The zero-order valence-corrected chi connectivity index (χ0v) is 9.49. The van der Waals surface area contributed by atoms with Gasteiger partial charge in [0.15, 0.2) is 0 Å². The second-order valence-electron chi connectivity index (χ2n) is 4.02. The molecule has 0 bridgehead atoms. The Kier molecular flexibility index (Phi) is 5.70. The number of aliphatic hydroxyl groups is 1. The molecular weight excluding hydrogens is 194 g/mol. The van der Waals surface area contributed by atoms with Crippen LogP contribution in [0.1, 0.15) is 20.8 Å². The molecule has 0 heterocycles. The van der Waals surface area contributed by atoms with Crippen molar-refractivity contribution in [2.75, 3.05) is 6.61 Å². The maximum atomic E-state index is 11.3. The van der Waals surface area contributed by atoms with Gasteiger partial charge in [0.1, 0.15) is 5.60 Å². The SMILES string of the molecule is C=CC(C=CCO)NC(=O)OC(C)(C)C. The van der Waals surface area contributed by atoms with Crippen LogP contribution in [-0.2, 0) is 4.74 Å². The number of ether oxygens (including phenoxy) is 1. The monoisotopic (exact) mass is 213 g/mol. The molecule has 4 heteroatoms. The first kappa shape index (κ1) is 13.7. The van der Waals surface area contributed by atoms with Gasteiger partial charge in [0.05, 0.1) is 12.6 Å². The summed E-state index contributed by atoms with van der Waals surface area (Å²) in [5, 5.41) is 11.1.